The molecule has 0 radical (unpaired) electrons. The van der Waals surface area contributed by atoms with E-state index in [1.54, 1.807) is 6.20 Å². The van der Waals surface area contributed by atoms with Gasteiger partial charge in [-0.3, -0.25) is 4.57 Å². The molecular formula is C29H24N6O. The Morgan fingerprint density at radius 1 is 0.722 bits per heavy atom. The summed E-state index contributed by atoms with van der Waals surface area (Å²) in [6.07, 6.45) is 3.09. The maximum Gasteiger partial charge on any atom is 0.273 e. The van der Waals surface area contributed by atoms with E-state index in [1.807, 2.05) is 41.0 Å². The molecule has 0 amide bonds. The van der Waals surface area contributed by atoms with Gasteiger partial charge in [0.25, 0.3) is 5.95 Å². The minimum Gasteiger partial charge on any atom is -0.439 e. The SMILES string of the molecule is CC(C)(C)c1cccnc1Oc1cccc(-c2ccc3c4ccccc4n(-c4nncnn4)c3c2)c1. The van der Waals surface area contributed by atoms with Crippen molar-refractivity contribution in [2.24, 2.45) is 0 Å². The van der Waals surface area contributed by atoms with Crippen LogP contribution < -0.4 is 4.74 Å². The lowest BCUT2D eigenvalue weighted by Crippen LogP contribution is -2.13. The number of pyridine rings is 1. The smallest absolute Gasteiger partial charge is 0.273 e. The Kier molecular flexibility index (Phi) is 5.18. The summed E-state index contributed by atoms with van der Waals surface area (Å²) in [7, 11) is 0. The summed E-state index contributed by atoms with van der Waals surface area (Å²) in [5, 5.41) is 18.6. The molecule has 7 nitrogen and oxygen atoms in total. The summed E-state index contributed by atoms with van der Waals surface area (Å²) in [5.41, 5.74) is 5.04. The molecule has 0 aliphatic heterocycles. The van der Waals surface area contributed by atoms with Crippen LogP contribution in [0.3, 0.4) is 0 Å². The first-order valence-corrected chi connectivity index (χ1v) is 11.8. The summed E-state index contributed by atoms with van der Waals surface area (Å²) < 4.78 is 8.27. The van der Waals surface area contributed by atoms with Crippen molar-refractivity contribution in [3.8, 4) is 28.7 Å². The fourth-order valence-electron chi connectivity index (χ4n) is 4.55. The van der Waals surface area contributed by atoms with Crippen molar-refractivity contribution in [2.75, 3.05) is 0 Å². The van der Waals surface area contributed by atoms with Gasteiger partial charge < -0.3 is 4.74 Å². The molecule has 6 rings (SSSR count). The molecule has 0 saturated heterocycles. The van der Waals surface area contributed by atoms with Crippen LogP contribution in [0.2, 0.25) is 0 Å². The van der Waals surface area contributed by atoms with Gasteiger partial charge >= 0.3 is 0 Å². The average Bonchev–Trinajstić information content (AvgIpc) is 3.23. The quantitative estimate of drug-likeness (QED) is 0.291. The largest absolute Gasteiger partial charge is 0.439 e. The van der Waals surface area contributed by atoms with E-state index < -0.39 is 0 Å². The summed E-state index contributed by atoms with van der Waals surface area (Å²) in [6, 6.07) is 26.7. The van der Waals surface area contributed by atoms with Crippen molar-refractivity contribution >= 4 is 21.8 Å². The third-order valence-corrected chi connectivity index (χ3v) is 6.23. The first-order chi connectivity index (χ1) is 17.5. The van der Waals surface area contributed by atoms with Gasteiger partial charge in [0.2, 0.25) is 5.88 Å². The molecule has 0 spiro atoms. The highest BCUT2D eigenvalue weighted by molar-refractivity contribution is 6.09. The van der Waals surface area contributed by atoms with Gasteiger partial charge in [0.1, 0.15) is 5.75 Å². The second-order valence-corrected chi connectivity index (χ2v) is 9.67. The zero-order valence-electron chi connectivity index (χ0n) is 20.3. The number of ether oxygens (including phenoxy) is 1. The van der Waals surface area contributed by atoms with Gasteiger partial charge in [-0.1, -0.05) is 69.3 Å². The monoisotopic (exact) mass is 472 g/mol. The average molecular weight is 473 g/mol. The second kappa shape index (κ2) is 8.53. The van der Waals surface area contributed by atoms with Crippen LogP contribution in [0, 0.1) is 0 Å². The topological polar surface area (TPSA) is 78.6 Å². The normalized spacial score (nSPS) is 11.8. The Hall–Kier alpha value is -4.65. The van der Waals surface area contributed by atoms with Gasteiger partial charge in [0, 0.05) is 22.5 Å². The molecule has 0 unspecified atom stereocenters. The standard InChI is InChI=1S/C29H24N6O/c1-29(2,3)24-11-7-15-30-27(24)36-21-9-6-8-19(16-21)20-13-14-23-22-10-4-5-12-25(22)35(26(23)17-20)28-33-31-18-32-34-28/h4-18H,1-3H3. The predicted octanol–water partition coefficient (Wildman–Crippen LogP) is 6.52. The number of para-hydroxylation sites is 1. The summed E-state index contributed by atoms with van der Waals surface area (Å²) >= 11 is 0. The molecule has 0 atom stereocenters. The molecule has 0 N–H and O–H groups in total. The molecule has 36 heavy (non-hydrogen) atoms. The van der Waals surface area contributed by atoms with Crippen LogP contribution in [0.5, 0.6) is 11.6 Å². The molecule has 6 aromatic rings. The highest BCUT2D eigenvalue weighted by Gasteiger charge is 2.20. The Balaban J connectivity index is 1.46. The summed E-state index contributed by atoms with van der Waals surface area (Å²) in [4.78, 5) is 4.50. The van der Waals surface area contributed by atoms with Crippen LogP contribution >= 0.6 is 0 Å². The zero-order valence-corrected chi connectivity index (χ0v) is 20.3. The van der Waals surface area contributed by atoms with Crippen LogP contribution in [-0.4, -0.2) is 29.9 Å². The van der Waals surface area contributed by atoms with Crippen molar-refractivity contribution in [2.45, 2.75) is 26.2 Å². The molecule has 0 bridgehead atoms. The molecule has 0 saturated carbocycles. The second-order valence-electron chi connectivity index (χ2n) is 9.67. The summed E-state index contributed by atoms with van der Waals surface area (Å²) in [6.45, 7) is 6.47. The Morgan fingerprint density at radius 3 is 2.33 bits per heavy atom. The van der Waals surface area contributed by atoms with Gasteiger partial charge in [-0.2, -0.15) is 0 Å². The van der Waals surface area contributed by atoms with Gasteiger partial charge in [-0.05, 0) is 46.9 Å². The van der Waals surface area contributed by atoms with Gasteiger partial charge in [-0.15, -0.1) is 20.4 Å². The van der Waals surface area contributed by atoms with E-state index in [9.17, 15) is 0 Å². The number of benzene rings is 3. The van der Waals surface area contributed by atoms with E-state index in [1.165, 1.54) is 6.33 Å². The van der Waals surface area contributed by atoms with E-state index >= 15 is 0 Å². The Bertz CT molecular complexity index is 1700. The highest BCUT2D eigenvalue weighted by Crippen LogP contribution is 2.36. The number of rotatable bonds is 4. The molecule has 3 aromatic carbocycles. The molecule has 7 heteroatoms. The number of hydrogen-bond acceptors (Lipinski definition) is 6. The van der Waals surface area contributed by atoms with Crippen LogP contribution in [0.1, 0.15) is 26.3 Å². The molecule has 176 valence electrons. The van der Waals surface area contributed by atoms with Crippen LogP contribution in [0.25, 0.3) is 38.9 Å². The molecule has 3 aromatic heterocycles. The fourth-order valence-corrected chi connectivity index (χ4v) is 4.55. The van der Waals surface area contributed by atoms with Crippen molar-refractivity contribution < 1.29 is 4.74 Å². The van der Waals surface area contributed by atoms with Crippen molar-refractivity contribution in [1.82, 2.24) is 29.9 Å². The maximum absolute atomic E-state index is 6.27. The van der Waals surface area contributed by atoms with E-state index in [0.29, 0.717) is 11.8 Å². The molecule has 3 heterocycles. The minimum atomic E-state index is -0.0805. The molecular weight excluding hydrogens is 448 g/mol. The number of hydrogen-bond donors (Lipinski definition) is 0. The fraction of sp³-hybridized carbons (Fsp3) is 0.138. The Labute approximate surface area is 208 Å². The number of fused-ring (bicyclic) bond motifs is 3. The first-order valence-electron chi connectivity index (χ1n) is 11.8. The van der Waals surface area contributed by atoms with Gasteiger partial charge in [0.05, 0.1) is 11.0 Å². The zero-order chi connectivity index (χ0) is 24.7. The molecule has 0 aliphatic carbocycles. The lowest BCUT2D eigenvalue weighted by molar-refractivity contribution is 0.437. The van der Waals surface area contributed by atoms with Crippen LogP contribution in [0.15, 0.2) is 91.4 Å². The van der Waals surface area contributed by atoms with Gasteiger partial charge in [-0.25, -0.2) is 4.98 Å². The van der Waals surface area contributed by atoms with E-state index in [2.05, 4.69) is 88.6 Å². The first kappa shape index (κ1) is 21.9. The molecule has 0 aliphatic rings. The van der Waals surface area contributed by atoms with E-state index in [-0.39, 0.29) is 5.41 Å². The predicted molar refractivity (Wildman–Crippen MR) is 140 cm³/mol. The number of nitrogens with zero attached hydrogens (tertiary/aromatic N) is 6. The van der Waals surface area contributed by atoms with E-state index in [4.69, 9.17) is 4.74 Å². The van der Waals surface area contributed by atoms with Gasteiger partial charge in [0.15, 0.2) is 6.33 Å². The van der Waals surface area contributed by atoms with Crippen LogP contribution in [0.4, 0.5) is 0 Å². The highest BCUT2D eigenvalue weighted by atomic mass is 16.5. The molecule has 0 fully saturated rings. The lowest BCUT2D eigenvalue weighted by Gasteiger charge is -2.21. The van der Waals surface area contributed by atoms with E-state index in [0.717, 1.165) is 44.2 Å². The summed E-state index contributed by atoms with van der Waals surface area (Å²) in [5.74, 6) is 1.79. The van der Waals surface area contributed by atoms with Crippen LogP contribution in [-0.2, 0) is 5.41 Å². The Morgan fingerprint density at radius 2 is 1.50 bits per heavy atom. The lowest BCUT2D eigenvalue weighted by atomic mass is 9.88. The maximum atomic E-state index is 6.27. The third kappa shape index (κ3) is 3.84. The van der Waals surface area contributed by atoms with Crippen molar-refractivity contribution in [3.05, 3.63) is 97.0 Å². The van der Waals surface area contributed by atoms with Crippen molar-refractivity contribution in [1.29, 1.82) is 0 Å². The third-order valence-electron chi connectivity index (χ3n) is 6.23. The minimum absolute atomic E-state index is 0.0805. The number of aromatic nitrogens is 6. The van der Waals surface area contributed by atoms with Crippen molar-refractivity contribution in [3.63, 3.8) is 0 Å².